The van der Waals surface area contributed by atoms with E-state index in [1.54, 1.807) is 4.68 Å². The van der Waals surface area contributed by atoms with E-state index in [-0.39, 0.29) is 0 Å². The summed E-state index contributed by atoms with van der Waals surface area (Å²) in [5, 5.41) is 5.01. The second kappa shape index (κ2) is 4.66. The summed E-state index contributed by atoms with van der Waals surface area (Å²) in [6, 6.07) is 3.66. The smallest absolute Gasteiger partial charge is 0.154 e. The molecule has 0 aliphatic heterocycles. The van der Waals surface area contributed by atoms with Crippen molar-refractivity contribution >= 4 is 28.8 Å². The molecule has 0 radical (unpaired) electrons. The molecule has 0 atom stereocenters. The highest BCUT2D eigenvalue weighted by molar-refractivity contribution is 7.80. The molecule has 0 aromatic carbocycles. The molecule has 0 aliphatic rings. The van der Waals surface area contributed by atoms with E-state index in [0.717, 1.165) is 22.6 Å². The maximum atomic E-state index is 6.13. The number of halogens is 1. The molecule has 94 valence electrons. The molecule has 0 spiro atoms. The summed E-state index contributed by atoms with van der Waals surface area (Å²) in [4.78, 5) is 4.77. The first-order valence-corrected chi connectivity index (χ1v) is 6.19. The van der Waals surface area contributed by atoms with E-state index in [0.29, 0.717) is 15.8 Å². The Morgan fingerprint density at radius 2 is 2.00 bits per heavy atom. The van der Waals surface area contributed by atoms with E-state index >= 15 is 0 Å². The molecule has 2 heterocycles. The fraction of sp³-hybridized carbons (Fsp3) is 0.250. The van der Waals surface area contributed by atoms with Gasteiger partial charge in [-0.05, 0) is 32.9 Å². The first-order chi connectivity index (χ1) is 8.40. The van der Waals surface area contributed by atoms with E-state index in [1.165, 1.54) is 0 Å². The third-order valence-corrected chi connectivity index (χ3v) is 3.43. The van der Waals surface area contributed by atoms with Gasteiger partial charge in [-0.15, -0.1) is 0 Å². The lowest BCUT2D eigenvalue weighted by atomic mass is 10.2. The minimum Gasteiger partial charge on any atom is -0.389 e. The van der Waals surface area contributed by atoms with Crippen molar-refractivity contribution in [2.24, 2.45) is 5.73 Å². The maximum absolute atomic E-state index is 6.13. The quantitative estimate of drug-likeness (QED) is 0.859. The minimum absolute atomic E-state index is 0.342. The van der Waals surface area contributed by atoms with Crippen molar-refractivity contribution in [1.82, 2.24) is 14.8 Å². The number of hydrogen-bond acceptors (Lipinski definition) is 3. The van der Waals surface area contributed by atoms with Crippen molar-refractivity contribution in [1.29, 1.82) is 0 Å². The third kappa shape index (κ3) is 2.23. The highest BCUT2D eigenvalue weighted by atomic mass is 35.5. The lowest BCUT2D eigenvalue weighted by Crippen LogP contribution is -2.12. The van der Waals surface area contributed by atoms with Crippen LogP contribution in [0.3, 0.4) is 0 Å². The van der Waals surface area contributed by atoms with Crippen molar-refractivity contribution < 1.29 is 0 Å². The number of thiocarbonyl (C=S) groups is 1. The number of hydrogen-bond donors (Lipinski definition) is 1. The van der Waals surface area contributed by atoms with Crippen LogP contribution in [0.4, 0.5) is 0 Å². The molecule has 0 fully saturated rings. The van der Waals surface area contributed by atoms with Crippen LogP contribution in [0.1, 0.15) is 22.6 Å². The molecule has 6 heteroatoms. The number of aromatic nitrogens is 3. The van der Waals surface area contributed by atoms with Gasteiger partial charge in [0.25, 0.3) is 0 Å². The number of aryl methyl sites for hydroxylation is 2. The Hall–Kier alpha value is -1.46. The normalized spacial score (nSPS) is 10.7. The Balaban J connectivity index is 2.63. The van der Waals surface area contributed by atoms with Gasteiger partial charge in [-0.3, -0.25) is 0 Å². The van der Waals surface area contributed by atoms with Gasteiger partial charge in [0.15, 0.2) is 5.82 Å². The van der Waals surface area contributed by atoms with Crippen molar-refractivity contribution in [3.63, 3.8) is 0 Å². The molecule has 0 unspecified atom stereocenters. The van der Waals surface area contributed by atoms with Crippen molar-refractivity contribution in [2.45, 2.75) is 20.8 Å². The van der Waals surface area contributed by atoms with Crippen LogP contribution < -0.4 is 5.73 Å². The third-order valence-electron chi connectivity index (χ3n) is 2.64. The van der Waals surface area contributed by atoms with Crippen LogP contribution in [0.2, 0.25) is 5.02 Å². The van der Waals surface area contributed by atoms with Crippen LogP contribution in [-0.2, 0) is 0 Å². The van der Waals surface area contributed by atoms with Crippen molar-refractivity contribution in [2.75, 3.05) is 0 Å². The number of nitrogens with two attached hydrogens (primary N) is 1. The second-order valence-corrected chi connectivity index (χ2v) is 4.93. The van der Waals surface area contributed by atoms with Gasteiger partial charge in [-0.25, -0.2) is 9.67 Å². The first kappa shape index (κ1) is 13.0. The van der Waals surface area contributed by atoms with Gasteiger partial charge >= 0.3 is 0 Å². The highest BCUT2D eigenvalue weighted by Gasteiger charge is 2.13. The summed E-state index contributed by atoms with van der Waals surface area (Å²) in [6.07, 6.45) is 0. The van der Waals surface area contributed by atoms with Crippen LogP contribution in [0, 0.1) is 20.8 Å². The van der Waals surface area contributed by atoms with E-state index in [4.69, 9.17) is 29.6 Å². The minimum atomic E-state index is 0.342. The number of nitrogens with zero attached hydrogens (tertiary/aromatic N) is 3. The van der Waals surface area contributed by atoms with Crippen LogP contribution in [-0.4, -0.2) is 19.8 Å². The fourth-order valence-electron chi connectivity index (χ4n) is 1.75. The topological polar surface area (TPSA) is 56.7 Å². The Morgan fingerprint density at radius 3 is 2.50 bits per heavy atom. The molecular formula is C12H13ClN4S. The van der Waals surface area contributed by atoms with Gasteiger partial charge < -0.3 is 5.73 Å². The molecule has 0 saturated heterocycles. The van der Waals surface area contributed by atoms with Crippen LogP contribution in [0.15, 0.2) is 12.1 Å². The Kier molecular flexibility index (Phi) is 3.36. The fourth-order valence-corrected chi connectivity index (χ4v) is 1.98. The highest BCUT2D eigenvalue weighted by Crippen LogP contribution is 2.22. The van der Waals surface area contributed by atoms with Gasteiger partial charge in [0.05, 0.1) is 16.4 Å². The average molecular weight is 281 g/mol. The second-order valence-electron chi connectivity index (χ2n) is 4.12. The van der Waals surface area contributed by atoms with Crippen LogP contribution in [0.5, 0.6) is 0 Å². The molecule has 0 amide bonds. The zero-order valence-electron chi connectivity index (χ0n) is 10.4. The van der Waals surface area contributed by atoms with Gasteiger partial charge in [-0.1, -0.05) is 23.8 Å². The molecule has 0 aliphatic carbocycles. The van der Waals surface area contributed by atoms with E-state index in [9.17, 15) is 0 Å². The van der Waals surface area contributed by atoms with Gasteiger partial charge in [0.1, 0.15) is 4.99 Å². The van der Waals surface area contributed by atoms with E-state index < -0.39 is 0 Å². The lowest BCUT2D eigenvalue weighted by molar-refractivity contribution is 0.801. The zero-order chi connectivity index (χ0) is 13.4. The van der Waals surface area contributed by atoms with Gasteiger partial charge in [-0.2, -0.15) is 5.10 Å². The van der Waals surface area contributed by atoms with Gasteiger partial charge in [0.2, 0.25) is 0 Å². The molecule has 18 heavy (non-hydrogen) atoms. The molecule has 2 aromatic heterocycles. The van der Waals surface area contributed by atoms with Gasteiger partial charge in [0, 0.05) is 11.3 Å². The molecule has 2 N–H and O–H groups in total. The summed E-state index contributed by atoms with van der Waals surface area (Å²) >= 11 is 11.1. The summed E-state index contributed by atoms with van der Waals surface area (Å²) in [7, 11) is 0. The monoisotopic (exact) mass is 280 g/mol. The molecule has 4 nitrogen and oxygen atoms in total. The summed E-state index contributed by atoms with van der Waals surface area (Å²) in [6.45, 7) is 5.64. The van der Waals surface area contributed by atoms with E-state index in [2.05, 4.69) is 10.1 Å². The predicted molar refractivity (Wildman–Crippen MR) is 76.5 cm³/mol. The Morgan fingerprint density at radius 1 is 1.33 bits per heavy atom. The number of pyridine rings is 1. The molecule has 0 bridgehead atoms. The molecule has 2 rings (SSSR count). The number of rotatable bonds is 2. The average Bonchev–Trinajstić information content (AvgIpc) is 2.56. The molecule has 0 saturated carbocycles. The molecular weight excluding hydrogens is 268 g/mol. The van der Waals surface area contributed by atoms with Crippen LogP contribution >= 0.6 is 23.8 Å². The zero-order valence-corrected chi connectivity index (χ0v) is 11.9. The van der Waals surface area contributed by atoms with Crippen molar-refractivity contribution in [3.05, 3.63) is 39.8 Å². The first-order valence-electron chi connectivity index (χ1n) is 5.40. The predicted octanol–water partition coefficient (Wildman–Crippen LogP) is 2.48. The summed E-state index contributed by atoms with van der Waals surface area (Å²) < 4.78 is 1.70. The van der Waals surface area contributed by atoms with Crippen molar-refractivity contribution in [3.8, 4) is 5.82 Å². The maximum Gasteiger partial charge on any atom is 0.154 e. The van der Waals surface area contributed by atoms with E-state index in [1.807, 2.05) is 32.9 Å². The Labute approximate surface area is 116 Å². The van der Waals surface area contributed by atoms with Crippen LogP contribution in [0.25, 0.3) is 5.82 Å². The largest absolute Gasteiger partial charge is 0.389 e. The molecule has 2 aromatic rings. The SMILES string of the molecule is Cc1cc(C(N)=S)cc(-n2nc(C)c(Cl)c2C)n1. The summed E-state index contributed by atoms with van der Waals surface area (Å²) in [5.74, 6) is 0.672. The summed E-state index contributed by atoms with van der Waals surface area (Å²) in [5.41, 5.74) is 8.88. The standard InChI is InChI=1S/C12H13ClN4S/c1-6-4-9(12(14)18)5-10(15-6)17-8(3)11(13)7(2)16-17/h4-5H,1-3H3,(H2,14,18). The Bertz CT molecular complexity index is 633. The lowest BCUT2D eigenvalue weighted by Gasteiger charge is -2.07.